The van der Waals surface area contributed by atoms with E-state index in [2.05, 4.69) is 15.3 Å². The Morgan fingerprint density at radius 1 is 1.27 bits per heavy atom. The number of hydrogen-bond donors (Lipinski definition) is 3. The molecule has 2 aromatic rings. The first-order valence-electron chi connectivity index (χ1n) is 7.52. The number of carbonyl (C=O) groups is 1. The van der Waals surface area contributed by atoms with Crippen molar-refractivity contribution in [2.45, 2.75) is 38.7 Å². The molecule has 0 aliphatic heterocycles. The number of rotatable bonds is 7. The third-order valence-corrected chi connectivity index (χ3v) is 3.44. The molecular weight excluding hydrogens is 278 g/mol. The Bertz CT molecular complexity index is 583. The number of benzene rings is 1. The van der Waals surface area contributed by atoms with Crippen molar-refractivity contribution >= 4 is 5.91 Å². The highest BCUT2D eigenvalue weighted by Gasteiger charge is 2.12. The monoisotopic (exact) mass is 301 g/mol. The van der Waals surface area contributed by atoms with Crippen molar-refractivity contribution in [2.24, 2.45) is 0 Å². The Kier molecular flexibility index (Phi) is 5.33. The predicted octanol–water partition coefficient (Wildman–Crippen LogP) is 2.09. The summed E-state index contributed by atoms with van der Waals surface area (Å²) in [5.41, 5.74) is 1.10. The molecular formula is C17H23N3O2. The van der Waals surface area contributed by atoms with Crippen LogP contribution in [0.1, 0.15) is 42.0 Å². The number of nitrogens with zero attached hydrogens (tertiary/aromatic N) is 1. The first-order valence-corrected chi connectivity index (χ1v) is 7.52. The van der Waals surface area contributed by atoms with Crippen LogP contribution in [0.25, 0.3) is 0 Å². The first-order chi connectivity index (χ1) is 10.4. The molecule has 0 spiro atoms. The lowest BCUT2D eigenvalue weighted by atomic mass is 9.98. The summed E-state index contributed by atoms with van der Waals surface area (Å²) in [6.07, 6.45) is 5.64. The zero-order chi connectivity index (χ0) is 16.0. The van der Waals surface area contributed by atoms with E-state index in [0.717, 1.165) is 17.8 Å². The van der Waals surface area contributed by atoms with Crippen LogP contribution in [0.3, 0.4) is 0 Å². The molecule has 0 bridgehead atoms. The summed E-state index contributed by atoms with van der Waals surface area (Å²) >= 11 is 0. The number of aliphatic hydroxyl groups is 1. The standard InChI is InChI=1S/C17H23N3O2/c1-17(2,22)9-7-13-3-5-14(6-4-13)16(21)20-10-8-15-18-11-12-19-15/h3-6,11-12,22H,7-10H2,1-2H3,(H,18,19)(H,20,21). The van der Waals surface area contributed by atoms with Crippen LogP contribution in [0.15, 0.2) is 36.7 Å². The molecule has 1 amide bonds. The largest absolute Gasteiger partial charge is 0.390 e. The lowest BCUT2D eigenvalue weighted by Gasteiger charge is -2.16. The summed E-state index contributed by atoms with van der Waals surface area (Å²) in [6, 6.07) is 7.52. The fourth-order valence-corrected chi connectivity index (χ4v) is 2.10. The van der Waals surface area contributed by atoms with E-state index in [1.54, 1.807) is 26.2 Å². The maximum absolute atomic E-state index is 12.0. The number of H-pyrrole nitrogens is 1. The number of imidazole rings is 1. The molecule has 0 saturated heterocycles. The van der Waals surface area contributed by atoms with Gasteiger partial charge in [-0.15, -0.1) is 0 Å². The van der Waals surface area contributed by atoms with Gasteiger partial charge in [0, 0.05) is 30.9 Å². The number of aromatic nitrogens is 2. The number of aromatic amines is 1. The molecule has 22 heavy (non-hydrogen) atoms. The second kappa shape index (κ2) is 7.22. The zero-order valence-corrected chi connectivity index (χ0v) is 13.1. The average molecular weight is 301 g/mol. The summed E-state index contributed by atoms with van der Waals surface area (Å²) in [4.78, 5) is 19.1. The normalized spacial score (nSPS) is 11.4. The van der Waals surface area contributed by atoms with E-state index >= 15 is 0 Å². The van der Waals surface area contributed by atoms with E-state index < -0.39 is 5.60 Å². The topological polar surface area (TPSA) is 78.0 Å². The third kappa shape index (κ3) is 5.33. The smallest absolute Gasteiger partial charge is 0.251 e. The van der Waals surface area contributed by atoms with E-state index in [9.17, 15) is 9.90 Å². The first kappa shape index (κ1) is 16.2. The number of amides is 1. The van der Waals surface area contributed by atoms with Gasteiger partial charge in [-0.25, -0.2) is 4.98 Å². The van der Waals surface area contributed by atoms with Crippen LogP contribution in [0.4, 0.5) is 0 Å². The molecule has 0 aliphatic carbocycles. The Morgan fingerprint density at radius 3 is 2.59 bits per heavy atom. The molecule has 2 rings (SSSR count). The second-order valence-electron chi connectivity index (χ2n) is 6.05. The van der Waals surface area contributed by atoms with Crippen LogP contribution in [0.2, 0.25) is 0 Å². The highest BCUT2D eigenvalue weighted by atomic mass is 16.3. The van der Waals surface area contributed by atoms with Crippen LogP contribution >= 0.6 is 0 Å². The van der Waals surface area contributed by atoms with E-state index in [0.29, 0.717) is 24.9 Å². The van der Waals surface area contributed by atoms with Gasteiger partial charge in [-0.1, -0.05) is 12.1 Å². The Balaban J connectivity index is 1.80. The van der Waals surface area contributed by atoms with Crippen molar-refractivity contribution in [1.82, 2.24) is 15.3 Å². The number of nitrogens with one attached hydrogen (secondary N) is 2. The third-order valence-electron chi connectivity index (χ3n) is 3.44. The fraction of sp³-hybridized carbons (Fsp3) is 0.412. The maximum atomic E-state index is 12.0. The summed E-state index contributed by atoms with van der Waals surface area (Å²) in [6.45, 7) is 4.15. The van der Waals surface area contributed by atoms with Gasteiger partial charge < -0.3 is 15.4 Å². The molecule has 1 aromatic heterocycles. The molecule has 1 heterocycles. The minimum Gasteiger partial charge on any atom is -0.390 e. The Labute approximate surface area is 130 Å². The molecule has 5 heteroatoms. The minimum absolute atomic E-state index is 0.0828. The highest BCUT2D eigenvalue weighted by Crippen LogP contribution is 2.13. The molecule has 3 N–H and O–H groups in total. The van der Waals surface area contributed by atoms with Gasteiger partial charge >= 0.3 is 0 Å². The Morgan fingerprint density at radius 2 is 2.00 bits per heavy atom. The molecule has 1 aromatic carbocycles. The van der Waals surface area contributed by atoms with Gasteiger partial charge in [0.15, 0.2) is 0 Å². The van der Waals surface area contributed by atoms with Crippen LogP contribution in [-0.4, -0.2) is 33.1 Å². The van der Waals surface area contributed by atoms with Crippen molar-refractivity contribution in [3.8, 4) is 0 Å². The van der Waals surface area contributed by atoms with E-state index in [1.165, 1.54) is 0 Å². The van der Waals surface area contributed by atoms with Crippen molar-refractivity contribution < 1.29 is 9.90 Å². The predicted molar refractivity (Wildman–Crippen MR) is 85.7 cm³/mol. The number of carbonyl (C=O) groups excluding carboxylic acids is 1. The van der Waals surface area contributed by atoms with Gasteiger partial charge in [0.25, 0.3) is 5.91 Å². The molecule has 0 fully saturated rings. The number of hydrogen-bond acceptors (Lipinski definition) is 3. The van der Waals surface area contributed by atoms with Crippen molar-refractivity contribution in [2.75, 3.05) is 6.54 Å². The van der Waals surface area contributed by atoms with Crippen molar-refractivity contribution in [1.29, 1.82) is 0 Å². The van der Waals surface area contributed by atoms with Crippen molar-refractivity contribution in [3.63, 3.8) is 0 Å². The molecule has 0 aliphatic rings. The fourth-order valence-electron chi connectivity index (χ4n) is 2.10. The van der Waals surface area contributed by atoms with E-state index in [1.807, 2.05) is 24.3 Å². The summed E-state index contributed by atoms with van der Waals surface area (Å²) < 4.78 is 0. The summed E-state index contributed by atoms with van der Waals surface area (Å²) in [5.74, 6) is 0.780. The average Bonchev–Trinajstić information content (AvgIpc) is 2.98. The van der Waals surface area contributed by atoms with Gasteiger partial charge in [-0.05, 0) is 44.4 Å². The van der Waals surface area contributed by atoms with Crippen molar-refractivity contribution in [3.05, 3.63) is 53.6 Å². The van der Waals surface area contributed by atoms with Crippen LogP contribution in [0.5, 0.6) is 0 Å². The Hall–Kier alpha value is -2.14. The molecule has 0 atom stereocenters. The SMILES string of the molecule is CC(C)(O)CCc1ccc(C(=O)NCCc2ncc[nH]2)cc1. The summed E-state index contributed by atoms with van der Waals surface area (Å²) in [5, 5.41) is 12.6. The van der Waals surface area contributed by atoms with Crippen LogP contribution in [0, 0.1) is 0 Å². The van der Waals surface area contributed by atoms with E-state index in [4.69, 9.17) is 0 Å². The summed E-state index contributed by atoms with van der Waals surface area (Å²) in [7, 11) is 0. The van der Waals surface area contributed by atoms with E-state index in [-0.39, 0.29) is 5.91 Å². The van der Waals surface area contributed by atoms with Crippen LogP contribution in [-0.2, 0) is 12.8 Å². The lowest BCUT2D eigenvalue weighted by molar-refractivity contribution is 0.0713. The van der Waals surface area contributed by atoms with Gasteiger partial charge in [-0.3, -0.25) is 4.79 Å². The zero-order valence-electron chi connectivity index (χ0n) is 13.1. The second-order valence-corrected chi connectivity index (χ2v) is 6.05. The molecule has 0 radical (unpaired) electrons. The molecule has 0 saturated carbocycles. The number of aryl methyl sites for hydroxylation is 1. The quantitative estimate of drug-likeness (QED) is 0.732. The van der Waals surface area contributed by atoms with Gasteiger partial charge in [0.2, 0.25) is 0 Å². The molecule has 0 unspecified atom stereocenters. The molecule has 118 valence electrons. The lowest BCUT2D eigenvalue weighted by Crippen LogP contribution is -2.26. The minimum atomic E-state index is -0.665. The van der Waals surface area contributed by atoms with Gasteiger partial charge in [0.1, 0.15) is 5.82 Å². The maximum Gasteiger partial charge on any atom is 0.251 e. The van der Waals surface area contributed by atoms with Gasteiger partial charge in [-0.2, -0.15) is 0 Å². The molecule has 5 nitrogen and oxygen atoms in total. The highest BCUT2D eigenvalue weighted by molar-refractivity contribution is 5.94. The van der Waals surface area contributed by atoms with Crippen LogP contribution < -0.4 is 5.32 Å². The van der Waals surface area contributed by atoms with Gasteiger partial charge in [0.05, 0.1) is 5.60 Å².